The molecular weight excluding hydrogens is 388 g/mol. The number of allylic oxidation sites excluding steroid dienone is 1. The molecule has 4 rings (SSSR count). The van der Waals surface area contributed by atoms with Gasteiger partial charge >= 0.3 is 0 Å². The summed E-state index contributed by atoms with van der Waals surface area (Å²) >= 11 is 0. The maximum absolute atomic E-state index is 13.2. The number of benzene rings is 2. The Bertz CT molecular complexity index is 1280. The average molecular weight is 404 g/mol. The van der Waals surface area contributed by atoms with Crippen molar-refractivity contribution in [3.8, 4) is 0 Å². The molecule has 0 saturated carbocycles. The van der Waals surface area contributed by atoms with Gasteiger partial charge in [0.2, 0.25) is 11.5 Å². The maximum atomic E-state index is 13.2. The van der Waals surface area contributed by atoms with Crippen molar-refractivity contribution < 1.29 is 22.9 Å². The third-order valence-electron chi connectivity index (χ3n) is 4.57. The molecule has 0 aliphatic heterocycles. The number of ketones is 1. The van der Waals surface area contributed by atoms with Crippen LogP contribution in [0, 0.1) is 6.92 Å². The van der Waals surface area contributed by atoms with E-state index in [1.807, 2.05) is 6.92 Å². The van der Waals surface area contributed by atoms with Crippen LogP contribution < -0.4 is 9.67 Å². The second-order valence-electron chi connectivity index (χ2n) is 6.56. The minimum Gasteiger partial charge on any atom is -0.867 e. The van der Waals surface area contributed by atoms with Crippen molar-refractivity contribution >= 4 is 33.0 Å². The number of rotatable bonds is 3. The van der Waals surface area contributed by atoms with E-state index in [1.165, 1.54) is 22.8 Å². The molecule has 0 spiro atoms. The molecule has 144 valence electrons. The van der Waals surface area contributed by atoms with Gasteiger partial charge in [0, 0.05) is 17.7 Å². The lowest BCUT2D eigenvalue weighted by molar-refractivity contribution is -0.577. The van der Waals surface area contributed by atoms with Crippen molar-refractivity contribution in [1.29, 1.82) is 0 Å². The predicted molar refractivity (Wildman–Crippen MR) is 106 cm³/mol. The maximum Gasteiger partial charge on any atom is 0.283 e. The molecule has 0 N–H and O–H groups in total. The summed E-state index contributed by atoms with van der Waals surface area (Å²) in [6, 6.07) is 17.6. The molecule has 0 atom stereocenters. The van der Waals surface area contributed by atoms with Gasteiger partial charge in [0.25, 0.3) is 10.0 Å². The van der Waals surface area contributed by atoms with Gasteiger partial charge in [0.15, 0.2) is 18.1 Å². The number of nitrogens with zero attached hydrogens (tertiary/aromatic N) is 2. The lowest BCUT2D eigenvalue weighted by Crippen LogP contribution is -2.43. The topological polar surface area (TPSA) is 90.5 Å². The summed E-state index contributed by atoms with van der Waals surface area (Å²) in [4.78, 5) is 13.1. The van der Waals surface area contributed by atoms with Crippen LogP contribution in [0.1, 0.15) is 21.5 Å². The number of pyridine rings is 1. The summed E-state index contributed by atoms with van der Waals surface area (Å²) in [5.41, 5.74) is 0.753. The number of Topliss-reactive ketones (excluding diaryl/α,β-unsaturated/α-hetero) is 1. The summed E-state index contributed by atoms with van der Waals surface area (Å²) in [7, 11) is -4.20. The Morgan fingerprint density at radius 2 is 1.48 bits per heavy atom. The van der Waals surface area contributed by atoms with Crippen LogP contribution in [-0.4, -0.2) is 19.9 Å². The molecule has 3 aromatic rings. The molecule has 0 radical (unpaired) electrons. The zero-order valence-electron chi connectivity index (χ0n) is 15.4. The first-order chi connectivity index (χ1) is 13.9. The second-order valence-corrected chi connectivity index (χ2v) is 8.17. The van der Waals surface area contributed by atoms with Crippen molar-refractivity contribution in [2.75, 3.05) is 0 Å². The summed E-state index contributed by atoms with van der Waals surface area (Å²) in [6.45, 7) is 1.83. The lowest BCUT2D eigenvalue weighted by Gasteiger charge is -2.23. The quantitative estimate of drug-likeness (QED) is 0.625. The minimum atomic E-state index is -4.20. The fourth-order valence-electron chi connectivity index (χ4n) is 3.10. The molecule has 1 aliphatic carbocycles. The summed E-state index contributed by atoms with van der Waals surface area (Å²) in [5.74, 6) is -1.07. The Morgan fingerprint density at radius 1 is 0.862 bits per heavy atom. The average Bonchev–Trinajstić information content (AvgIpc) is 2.73. The second kappa shape index (κ2) is 7.10. The lowest BCUT2D eigenvalue weighted by atomic mass is 9.91. The van der Waals surface area contributed by atoms with E-state index in [2.05, 4.69) is 4.40 Å². The van der Waals surface area contributed by atoms with Crippen LogP contribution in [0.3, 0.4) is 0 Å². The van der Waals surface area contributed by atoms with Crippen molar-refractivity contribution in [2.24, 2.45) is 4.40 Å². The Balaban J connectivity index is 1.98. The monoisotopic (exact) mass is 404 g/mol. The van der Waals surface area contributed by atoms with E-state index in [4.69, 9.17) is 0 Å². The molecule has 6 nitrogen and oxygen atoms in total. The third-order valence-corrected chi connectivity index (χ3v) is 5.87. The number of hydrogen-bond acceptors (Lipinski definition) is 4. The Hall–Kier alpha value is -3.58. The number of carbonyl (C=O) groups is 1. The van der Waals surface area contributed by atoms with Gasteiger partial charge in [-0.05, 0) is 30.4 Å². The van der Waals surface area contributed by atoms with E-state index in [-0.39, 0.29) is 21.7 Å². The highest BCUT2D eigenvalue weighted by Gasteiger charge is 2.35. The van der Waals surface area contributed by atoms with Crippen molar-refractivity contribution in [1.82, 2.24) is 0 Å². The Labute approximate surface area is 168 Å². The third kappa shape index (κ3) is 3.36. The molecule has 7 heteroatoms. The zero-order chi connectivity index (χ0) is 20.6. The van der Waals surface area contributed by atoms with Gasteiger partial charge in [-0.25, -0.2) is 0 Å². The molecule has 1 heterocycles. The fraction of sp³-hybridized carbons (Fsp3) is 0.0455. The smallest absolute Gasteiger partial charge is 0.283 e. The van der Waals surface area contributed by atoms with E-state index in [0.717, 1.165) is 5.56 Å². The van der Waals surface area contributed by atoms with Gasteiger partial charge in [0.05, 0.1) is 4.90 Å². The molecule has 1 aromatic heterocycles. The molecule has 29 heavy (non-hydrogen) atoms. The normalized spacial score (nSPS) is 15.5. The number of aryl methyl sites for hydroxylation is 1. The highest BCUT2D eigenvalue weighted by Crippen LogP contribution is 2.28. The fourth-order valence-corrected chi connectivity index (χ4v) is 4.10. The van der Waals surface area contributed by atoms with Gasteiger partial charge in [-0.3, -0.25) is 4.79 Å². The first-order valence-electron chi connectivity index (χ1n) is 8.82. The largest absolute Gasteiger partial charge is 0.867 e. The molecule has 0 amide bonds. The van der Waals surface area contributed by atoms with Crippen molar-refractivity contribution in [3.05, 3.63) is 95.8 Å². The van der Waals surface area contributed by atoms with Crippen LogP contribution in [-0.2, 0) is 10.0 Å². The van der Waals surface area contributed by atoms with E-state index in [1.54, 1.807) is 60.9 Å². The molecule has 0 unspecified atom stereocenters. The Kier molecular flexibility index (Phi) is 4.60. The van der Waals surface area contributed by atoms with Crippen LogP contribution in [0.25, 0.3) is 11.5 Å². The van der Waals surface area contributed by atoms with E-state index < -0.39 is 27.3 Å². The first kappa shape index (κ1) is 18.8. The number of sulfonamides is 1. The SMILES string of the molecule is Cc1ccc(S(=O)(=O)N=C2C(=O)c3ccccc3C([O-])=C2[n+]2ccccc2)cc1. The minimum absolute atomic E-state index is 0.0490. The van der Waals surface area contributed by atoms with Crippen molar-refractivity contribution in [3.63, 3.8) is 0 Å². The summed E-state index contributed by atoms with van der Waals surface area (Å²) < 4.78 is 31.0. The van der Waals surface area contributed by atoms with E-state index in [0.29, 0.717) is 0 Å². The highest BCUT2D eigenvalue weighted by molar-refractivity contribution is 7.90. The van der Waals surface area contributed by atoms with Crippen LogP contribution in [0.2, 0.25) is 0 Å². The van der Waals surface area contributed by atoms with E-state index in [9.17, 15) is 18.3 Å². The molecule has 1 aliphatic rings. The van der Waals surface area contributed by atoms with Gasteiger partial charge < -0.3 is 5.11 Å². The molecule has 0 bridgehead atoms. The number of carbonyl (C=O) groups excluding carboxylic acids is 1. The van der Waals surface area contributed by atoms with Crippen LogP contribution >= 0.6 is 0 Å². The van der Waals surface area contributed by atoms with Crippen LogP contribution in [0.4, 0.5) is 0 Å². The Morgan fingerprint density at radius 3 is 2.14 bits per heavy atom. The van der Waals surface area contributed by atoms with Gasteiger partial charge in [-0.2, -0.15) is 13.0 Å². The first-order valence-corrected chi connectivity index (χ1v) is 10.3. The molecule has 0 fully saturated rings. The van der Waals surface area contributed by atoms with Crippen LogP contribution in [0.15, 0.2) is 88.4 Å². The highest BCUT2D eigenvalue weighted by atomic mass is 32.2. The van der Waals surface area contributed by atoms with Crippen molar-refractivity contribution in [2.45, 2.75) is 11.8 Å². The number of aromatic nitrogens is 1. The standard InChI is InChI=1S/C22H16N2O4S/c1-15-9-11-16(12-10-15)29(27,28)23-19-20(24-13-5-2-6-14-24)22(26)18-8-4-3-7-17(18)21(19)25/h2-14H,1H3. The summed E-state index contributed by atoms with van der Waals surface area (Å²) in [5, 5.41) is 13.2. The molecule has 0 saturated heterocycles. The van der Waals surface area contributed by atoms with Gasteiger partial charge in [-0.1, -0.05) is 48.0 Å². The van der Waals surface area contributed by atoms with E-state index >= 15 is 0 Å². The van der Waals surface area contributed by atoms with Crippen LogP contribution in [0.5, 0.6) is 0 Å². The van der Waals surface area contributed by atoms with Gasteiger partial charge in [0.1, 0.15) is 0 Å². The molecule has 2 aromatic carbocycles. The number of hydrogen-bond donors (Lipinski definition) is 0. The zero-order valence-corrected chi connectivity index (χ0v) is 16.3. The molecular formula is C22H16N2O4S. The predicted octanol–water partition coefficient (Wildman–Crippen LogP) is 1.99. The summed E-state index contributed by atoms with van der Waals surface area (Å²) in [6.07, 6.45) is 3.14. The van der Waals surface area contributed by atoms with Gasteiger partial charge in [-0.15, -0.1) is 4.40 Å². The number of fused-ring (bicyclic) bond motifs is 1.